The van der Waals surface area contributed by atoms with E-state index < -0.39 is 0 Å². The molecular formula is C40H23N3S2. The van der Waals surface area contributed by atoms with Crippen LogP contribution in [0.1, 0.15) is 0 Å². The van der Waals surface area contributed by atoms with Crippen molar-refractivity contribution in [3.8, 4) is 28.5 Å². The Morgan fingerprint density at radius 1 is 0.467 bits per heavy atom. The van der Waals surface area contributed by atoms with Crippen LogP contribution in [-0.2, 0) is 0 Å². The second-order valence-corrected chi connectivity index (χ2v) is 13.5. The van der Waals surface area contributed by atoms with Gasteiger partial charge in [-0.1, -0.05) is 115 Å². The Bertz CT molecular complexity index is 2700. The van der Waals surface area contributed by atoms with E-state index >= 15 is 0 Å². The number of para-hydroxylation sites is 1. The summed E-state index contributed by atoms with van der Waals surface area (Å²) in [7, 11) is 0. The molecule has 0 unspecified atom stereocenters. The summed E-state index contributed by atoms with van der Waals surface area (Å²) in [5, 5.41) is 7.81. The van der Waals surface area contributed by atoms with Gasteiger partial charge in [0.2, 0.25) is 0 Å². The molecule has 0 spiro atoms. The third-order valence-electron chi connectivity index (χ3n) is 8.80. The van der Waals surface area contributed by atoms with Crippen molar-refractivity contribution in [3.05, 3.63) is 140 Å². The lowest BCUT2D eigenvalue weighted by Gasteiger charge is -2.12. The lowest BCUT2D eigenvalue weighted by Crippen LogP contribution is -2.02. The van der Waals surface area contributed by atoms with Gasteiger partial charge in [0.1, 0.15) is 5.82 Å². The van der Waals surface area contributed by atoms with E-state index in [0.29, 0.717) is 5.82 Å². The maximum absolute atomic E-state index is 5.32. The van der Waals surface area contributed by atoms with Crippen LogP contribution in [0.2, 0.25) is 0 Å². The van der Waals surface area contributed by atoms with Crippen LogP contribution in [0, 0.1) is 0 Å². The molecule has 0 aliphatic heterocycles. The van der Waals surface area contributed by atoms with Gasteiger partial charge in [0.05, 0.1) is 21.4 Å². The maximum atomic E-state index is 5.32. The number of hydrogen-bond donors (Lipinski definition) is 0. The fourth-order valence-electron chi connectivity index (χ4n) is 6.88. The van der Waals surface area contributed by atoms with E-state index in [0.717, 1.165) is 28.2 Å². The Balaban J connectivity index is 1.45. The summed E-state index contributed by atoms with van der Waals surface area (Å²) in [6.07, 6.45) is 0. The van der Waals surface area contributed by atoms with E-state index in [4.69, 9.17) is 9.97 Å². The van der Waals surface area contributed by atoms with Crippen molar-refractivity contribution in [1.82, 2.24) is 14.5 Å². The molecule has 10 rings (SSSR count). The number of rotatable bonds is 3. The molecule has 0 bridgehead atoms. The number of benzene rings is 6. The molecule has 0 N–H and O–H groups in total. The number of hydrogen-bond acceptors (Lipinski definition) is 4. The van der Waals surface area contributed by atoms with E-state index in [1.54, 1.807) is 0 Å². The van der Waals surface area contributed by atoms with Crippen LogP contribution in [0.15, 0.2) is 140 Å². The van der Waals surface area contributed by atoms with Crippen LogP contribution >= 0.6 is 22.7 Å². The molecule has 6 aromatic carbocycles. The molecule has 0 saturated carbocycles. The van der Waals surface area contributed by atoms with Crippen LogP contribution in [0.25, 0.3) is 90.6 Å². The first kappa shape index (κ1) is 25.0. The van der Waals surface area contributed by atoms with Gasteiger partial charge < -0.3 is 0 Å². The van der Waals surface area contributed by atoms with Crippen LogP contribution in [0.5, 0.6) is 0 Å². The quantitative estimate of drug-likeness (QED) is 0.199. The molecule has 0 radical (unpaired) electrons. The Morgan fingerprint density at radius 2 is 1.04 bits per heavy atom. The zero-order valence-corrected chi connectivity index (χ0v) is 25.6. The minimum Gasteiger partial charge on any atom is -0.292 e. The van der Waals surface area contributed by atoms with E-state index in [2.05, 4.69) is 120 Å². The van der Waals surface area contributed by atoms with E-state index in [-0.39, 0.29) is 0 Å². The molecule has 5 heteroatoms. The lowest BCUT2D eigenvalue weighted by molar-refractivity contribution is 1.05. The smallest absolute Gasteiger partial charge is 0.162 e. The molecule has 10 aromatic rings. The Labute approximate surface area is 266 Å². The summed E-state index contributed by atoms with van der Waals surface area (Å²) in [6.45, 7) is 0. The number of aromatic nitrogens is 3. The summed E-state index contributed by atoms with van der Waals surface area (Å²) in [5.74, 6) is 1.58. The molecule has 4 heterocycles. The van der Waals surface area contributed by atoms with Crippen molar-refractivity contribution < 1.29 is 0 Å². The number of nitrogens with zero attached hydrogens (tertiary/aromatic N) is 3. The highest BCUT2D eigenvalue weighted by molar-refractivity contribution is 7.30. The first-order valence-electron chi connectivity index (χ1n) is 15.0. The first-order valence-corrected chi connectivity index (χ1v) is 16.6. The predicted molar refractivity (Wildman–Crippen MR) is 193 cm³/mol. The average Bonchev–Trinajstić information content (AvgIpc) is 3.78. The predicted octanol–water partition coefficient (Wildman–Crippen LogP) is 11.6. The normalized spacial score (nSPS) is 12.0. The summed E-state index contributed by atoms with van der Waals surface area (Å²) in [4.78, 5) is 10.4. The first-order chi connectivity index (χ1) is 22.3. The van der Waals surface area contributed by atoms with Gasteiger partial charge in [-0.2, -0.15) is 0 Å². The van der Waals surface area contributed by atoms with Crippen LogP contribution in [0.4, 0.5) is 0 Å². The minimum atomic E-state index is 0.715. The average molecular weight is 610 g/mol. The topological polar surface area (TPSA) is 30.7 Å². The third-order valence-corrected chi connectivity index (χ3v) is 11.2. The summed E-state index contributed by atoms with van der Waals surface area (Å²) < 4.78 is 7.66. The fraction of sp³-hybridized carbons (Fsp3) is 0. The standard InChI is InChI=1S/C40H23N3S2/c1-3-13-24(14-4-1)29-23-33(42-40(41-29)25-15-5-2-6-16-25)43-30-20-10-7-17-26(30)34-35-27-18-8-11-21-31(27)44-38(35)36-28-19-9-12-22-32(28)45-39(36)37(34)43/h1-23H. The summed E-state index contributed by atoms with van der Waals surface area (Å²) in [5.41, 5.74) is 5.32. The van der Waals surface area contributed by atoms with Gasteiger partial charge in [-0.05, 0) is 18.2 Å². The maximum Gasteiger partial charge on any atom is 0.162 e. The highest BCUT2D eigenvalue weighted by Gasteiger charge is 2.25. The van der Waals surface area contributed by atoms with Gasteiger partial charge >= 0.3 is 0 Å². The van der Waals surface area contributed by atoms with Crippen molar-refractivity contribution in [2.75, 3.05) is 0 Å². The molecule has 0 saturated heterocycles. The molecule has 0 aliphatic rings. The van der Waals surface area contributed by atoms with Crippen molar-refractivity contribution >= 4 is 84.8 Å². The minimum absolute atomic E-state index is 0.715. The highest BCUT2D eigenvalue weighted by Crippen LogP contribution is 2.52. The van der Waals surface area contributed by atoms with Gasteiger partial charge in [-0.25, -0.2) is 9.97 Å². The molecule has 0 fully saturated rings. The Hall–Kier alpha value is -5.36. The van der Waals surface area contributed by atoms with Gasteiger partial charge in [-0.15, -0.1) is 22.7 Å². The summed E-state index contributed by atoms with van der Waals surface area (Å²) in [6, 6.07) is 49.4. The molecule has 3 nitrogen and oxygen atoms in total. The molecule has 0 atom stereocenters. The zero-order chi connectivity index (χ0) is 29.5. The van der Waals surface area contributed by atoms with Crippen LogP contribution in [-0.4, -0.2) is 14.5 Å². The summed E-state index contributed by atoms with van der Waals surface area (Å²) >= 11 is 3.79. The third kappa shape index (κ3) is 3.62. The Kier molecular flexibility index (Phi) is 5.32. The van der Waals surface area contributed by atoms with Crippen molar-refractivity contribution in [2.24, 2.45) is 0 Å². The zero-order valence-electron chi connectivity index (χ0n) is 23.9. The molecular weight excluding hydrogens is 587 g/mol. The van der Waals surface area contributed by atoms with E-state index in [9.17, 15) is 0 Å². The second-order valence-electron chi connectivity index (χ2n) is 11.3. The van der Waals surface area contributed by atoms with Gasteiger partial charge in [0, 0.05) is 63.6 Å². The number of thiophene rings is 2. The molecule has 4 aromatic heterocycles. The Morgan fingerprint density at radius 3 is 1.78 bits per heavy atom. The highest BCUT2D eigenvalue weighted by atomic mass is 32.1. The van der Waals surface area contributed by atoms with E-state index in [1.807, 2.05) is 46.9 Å². The van der Waals surface area contributed by atoms with Crippen LogP contribution < -0.4 is 0 Å². The largest absolute Gasteiger partial charge is 0.292 e. The lowest BCUT2D eigenvalue weighted by atomic mass is 10.0. The van der Waals surface area contributed by atoms with Gasteiger partial charge in [0.25, 0.3) is 0 Å². The molecule has 0 amide bonds. The van der Waals surface area contributed by atoms with E-state index in [1.165, 1.54) is 56.6 Å². The van der Waals surface area contributed by atoms with Crippen LogP contribution in [0.3, 0.4) is 0 Å². The molecule has 210 valence electrons. The fourth-order valence-corrected chi connectivity index (χ4v) is 9.47. The van der Waals surface area contributed by atoms with Crippen molar-refractivity contribution in [2.45, 2.75) is 0 Å². The van der Waals surface area contributed by atoms with Gasteiger partial charge in [0.15, 0.2) is 5.82 Å². The molecule has 0 aliphatic carbocycles. The second kappa shape index (κ2) is 9.57. The van der Waals surface area contributed by atoms with Crippen molar-refractivity contribution in [3.63, 3.8) is 0 Å². The van der Waals surface area contributed by atoms with Gasteiger partial charge in [-0.3, -0.25) is 4.57 Å². The molecule has 45 heavy (non-hydrogen) atoms. The van der Waals surface area contributed by atoms with Crippen molar-refractivity contribution in [1.29, 1.82) is 0 Å². The SMILES string of the molecule is c1ccc(-c2cc(-n3c4ccccc4c4c5c6ccccc6sc5c5c6ccccc6sc5c43)nc(-c3ccccc3)n2)cc1. The monoisotopic (exact) mass is 609 g/mol. The number of fused-ring (bicyclic) bond motifs is 12.